The summed E-state index contributed by atoms with van der Waals surface area (Å²) in [5.74, 6) is 0. The van der Waals surface area contributed by atoms with E-state index in [0.717, 1.165) is 0 Å². The average Bonchev–Trinajstić information content (AvgIpc) is 1.67. The van der Waals surface area contributed by atoms with Gasteiger partial charge in [-0.2, -0.15) is 0 Å². The first-order valence-corrected chi connectivity index (χ1v) is 3.23. The Labute approximate surface area is 58.8 Å². The van der Waals surface area contributed by atoms with Gasteiger partial charge in [-0.1, -0.05) is 6.92 Å². The zero-order chi connectivity index (χ0) is 7.70. The maximum absolute atomic E-state index is 4.25. The van der Waals surface area contributed by atoms with Crippen LogP contribution in [0.1, 0.15) is 13.3 Å². The largest absolute Gasteiger partial charge is 0.388 e. The van der Waals surface area contributed by atoms with E-state index in [1.165, 1.54) is 13.0 Å². The standard InChI is InChI=1S/C5H13N.C2H6O/c1-4-5-6(2)3;1-3-2/h4-5H2,1-3H3;1-2H3. The Balaban J connectivity index is 0. The Hall–Kier alpha value is -0.0800. The monoisotopic (exact) mass is 133 g/mol. The van der Waals surface area contributed by atoms with Crippen LogP contribution in [0.4, 0.5) is 0 Å². The molecule has 0 saturated heterocycles. The van der Waals surface area contributed by atoms with Gasteiger partial charge in [-0.25, -0.2) is 0 Å². The first-order chi connectivity index (χ1) is 4.18. The molecular formula is C7H19NO. The predicted octanol–water partition coefficient (Wildman–Crippen LogP) is 1.22. The molecule has 0 aliphatic rings. The van der Waals surface area contributed by atoms with E-state index in [2.05, 4.69) is 30.7 Å². The van der Waals surface area contributed by atoms with Crippen molar-refractivity contribution in [2.75, 3.05) is 34.9 Å². The van der Waals surface area contributed by atoms with E-state index in [4.69, 9.17) is 0 Å². The molecule has 0 heterocycles. The molecule has 2 heteroatoms. The van der Waals surface area contributed by atoms with Gasteiger partial charge in [0.05, 0.1) is 0 Å². The lowest BCUT2D eigenvalue weighted by molar-refractivity contribution is 0.277. The molecule has 0 spiro atoms. The van der Waals surface area contributed by atoms with Crippen LogP contribution in [-0.2, 0) is 4.74 Å². The van der Waals surface area contributed by atoms with Crippen molar-refractivity contribution in [2.45, 2.75) is 13.3 Å². The molecule has 0 aliphatic heterocycles. The maximum atomic E-state index is 4.25. The van der Waals surface area contributed by atoms with Gasteiger partial charge >= 0.3 is 0 Å². The summed E-state index contributed by atoms with van der Waals surface area (Å²) in [5.41, 5.74) is 0. The van der Waals surface area contributed by atoms with Crippen LogP contribution >= 0.6 is 0 Å². The van der Waals surface area contributed by atoms with Crippen LogP contribution in [0.3, 0.4) is 0 Å². The molecule has 0 rings (SSSR count). The van der Waals surface area contributed by atoms with Crippen molar-refractivity contribution in [3.05, 3.63) is 0 Å². The third-order valence-corrected chi connectivity index (χ3v) is 0.671. The van der Waals surface area contributed by atoms with Crippen LogP contribution < -0.4 is 0 Å². The summed E-state index contributed by atoms with van der Waals surface area (Å²) >= 11 is 0. The highest BCUT2D eigenvalue weighted by atomic mass is 16.4. The Morgan fingerprint density at radius 3 is 1.56 bits per heavy atom. The average molecular weight is 133 g/mol. The Morgan fingerprint density at radius 2 is 1.56 bits per heavy atom. The normalized spacial score (nSPS) is 8.67. The molecule has 0 aromatic carbocycles. The molecule has 0 fully saturated rings. The fourth-order valence-electron chi connectivity index (χ4n) is 0.447. The molecule has 0 aromatic heterocycles. The van der Waals surface area contributed by atoms with Gasteiger partial charge in [0.25, 0.3) is 0 Å². The van der Waals surface area contributed by atoms with Crippen LogP contribution in [0.5, 0.6) is 0 Å². The highest BCUT2D eigenvalue weighted by molar-refractivity contribution is 4.34. The zero-order valence-electron chi connectivity index (χ0n) is 7.27. The molecule has 0 amide bonds. The Morgan fingerprint density at radius 1 is 1.22 bits per heavy atom. The summed E-state index contributed by atoms with van der Waals surface area (Å²) in [7, 11) is 7.42. The number of rotatable bonds is 2. The minimum absolute atomic E-state index is 1.21. The molecule has 0 aliphatic carbocycles. The minimum Gasteiger partial charge on any atom is -0.388 e. The summed E-state index contributed by atoms with van der Waals surface area (Å²) in [6, 6.07) is 0. The van der Waals surface area contributed by atoms with E-state index in [9.17, 15) is 0 Å². The van der Waals surface area contributed by atoms with Crippen LogP contribution in [0.2, 0.25) is 0 Å². The van der Waals surface area contributed by atoms with Gasteiger partial charge in [0.15, 0.2) is 0 Å². The summed E-state index contributed by atoms with van der Waals surface area (Å²) in [6.45, 7) is 3.39. The van der Waals surface area contributed by atoms with Gasteiger partial charge in [0.2, 0.25) is 0 Å². The van der Waals surface area contributed by atoms with Crippen molar-refractivity contribution in [1.29, 1.82) is 0 Å². The van der Waals surface area contributed by atoms with Crippen molar-refractivity contribution in [3.63, 3.8) is 0 Å². The molecule has 0 unspecified atom stereocenters. The van der Waals surface area contributed by atoms with Crippen molar-refractivity contribution in [2.24, 2.45) is 0 Å². The maximum Gasteiger partial charge on any atom is 0.0351 e. The molecule has 0 aromatic rings. The van der Waals surface area contributed by atoms with Gasteiger partial charge in [0, 0.05) is 14.2 Å². The molecule has 9 heavy (non-hydrogen) atoms. The highest BCUT2D eigenvalue weighted by Crippen LogP contribution is 1.76. The van der Waals surface area contributed by atoms with Crippen LogP contribution in [0, 0.1) is 0 Å². The fraction of sp³-hybridized carbons (Fsp3) is 1.00. The molecule has 0 N–H and O–H groups in total. The second kappa shape index (κ2) is 10.8. The smallest absolute Gasteiger partial charge is 0.0351 e. The summed E-state index contributed by atoms with van der Waals surface area (Å²) in [6.07, 6.45) is 1.26. The zero-order valence-corrected chi connectivity index (χ0v) is 7.27. The van der Waals surface area contributed by atoms with Crippen LogP contribution in [-0.4, -0.2) is 39.8 Å². The summed E-state index contributed by atoms with van der Waals surface area (Å²) in [5, 5.41) is 0. The molecule has 0 atom stereocenters. The SMILES string of the molecule is CCCN(C)C.COC. The second-order valence-corrected chi connectivity index (χ2v) is 2.21. The van der Waals surface area contributed by atoms with Crippen LogP contribution in [0.25, 0.3) is 0 Å². The predicted molar refractivity (Wildman–Crippen MR) is 41.8 cm³/mol. The van der Waals surface area contributed by atoms with Gasteiger partial charge in [-0.3, -0.25) is 0 Å². The first kappa shape index (κ1) is 11.7. The topological polar surface area (TPSA) is 12.5 Å². The van der Waals surface area contributed by atoms with Crippen molar-refractivity contribution in [1.82, 2.24) is 4.90 Å². The van der Waals surface area contributed by atoms with E-state index in [1.54, 1.807) is 14.2 Å². The van der Waals surface area contributed by atoms with Crippen molar-refractivity contribution < 1.29 is 4.74 Å². The molecule has 0 bridgehead atoms. The van der Waals surface area contributed by atoms with Crippen molar-refractivity contribution in [3.8, 4) is 0 Å². The number of hydrogen-bond acceptors (Lipinski definition) is 2. The van der Waals surface area contributed by atoms with Gasteiger partial charge < -0.3 is 9.64 Å². The van der Waals surface area contributed by atoms with E-state index < -0.39 is 0 Å². The molecule has 0 radical (unpaired) electrons. The van der Waals surface area contributed by atoms with E-state index >= 15 is 0 Å². The highest BCUT2D eigenvalue weighted by Gasteiger charge is 1.79. The minimum atomic E-state index is 1.21. The fourth-order valence-corrected chi connectivity index (χ4v) is 0.447. The number of nitrogens with zero attached hydrogens (tertiary/aromatic N) is 1. The summed E-state index contributed by atoms with van der Waals surface area (Å²) in [4.78, 5) is 2.18. The lowest BCUT2D eigenvalue weighted by Crippen LogP contribution is -2.11. The first-order valence-electron chi connectivity index (χ1n) is 3.23. The lowest BCUT2D eigenvalue weighted by atomic mass is 10.5. The molecule has 0 saturated carbocycles. The molecule has 2 nitrogen and oxygen atoms in total. The number of hydrogen-bond donors (Lipinski definition) is 0. The Kier molecular flexibility index (Phi) is 14.0. The van der Waals surface area contributed by atoms with E-state index in [0.29, 0.717) is 0 Å². The van der Waals surface area contributed by atoms with E-state index in [-0.39, 0.29) is 0 Å². The van der Waals surface area contributed by atoms with Gasteiger partial charge in [-0.15, -0.1) is 0 Å². The number of ether oxygens (including phenoxy) is 1. The van der Waals surface area contributed by atoms with Gasteiger partial charge in [-0.05, 0) is 27.1 Å². The number of methoxy groups -OCH3 is 1. The molecular weight excluding hydrogens is 114 g/mol. The van der Waals surface area contributed by atoms with E-state index in [1.807, 2.05) is 0 Å². The third kappa shape index (κ3) is 32.6. The van der Waals surface area contributed by atoms with Gasteiger partial charge in [0.1, 0.15) is 0 Å². The quantitative estimate of drug-likeness (QED) is 0.561. The molecule has 58 valence electrons. The van der Waals surface area contributed by atoms with Crippen LogP contribution in [0.15, 0.2) is 0 Å². The second-order valence-electron chi connectivity index (χ2n) is 2.21. The Bertz CT molecular complexity index is 37.9. The lowest BCUT2D eigenvalue weighted by Gasteiger charge is -2.03. The summed E-state index contributed by atoms with van der Waals surface area (Å²) < 4.78 is 4.25. The third-order valence-electron chi connectivity index (χ3n) is 0.671. The van der Waals surface area contributed by atoms with Crippen molar-refractivity contribution >= 4 is 0 Å².